The Bertz CT molecular complexity index is 526. The van der Waals surface area contributed by atoms with Crippen LogP contribution in [0.5, 0.6) is 0 Å². The highest BCUT2D eigenvalue weighted by Crippen LogP contribution is 2.24. The summed E-state index contributed by atoms with van der Waals surface area (Å²) in [6.07, 6.45) is 0.795. The molecule has 0 aliphatic rings. The zero-order valence-electron chi connectivity index (χ0n) is 11.3. The normalized spacial score (nSPS) is 12.1. The van der Waals surface area contributed by atoms with Gasteiger partial charge in [0.1, 0.15) is 0 Å². The highest BCUT2D eigenvalue weighted by molar-refractivity contribution is 7.89. The van der Waals surface area contributed by atoms with Crippen LogP contribution in [0.25, 0.3) is 0 Å². The largest absolute Gasteiger partial charge is 0.243 e. The van der Waals surface area contributed by atoms with E-state index in [-0.39, 0.29) is 0 Å². The van der Waals surface area contributed by atoms with Crippen LogP contribution in [-0.4, -0.2) is 26.3 Å². The van der Waals surface area contributed by atoms with Gasteiger partial charge in [-0.2, -0.15) is 0 Å². The number of alkyl halides is 1. The fourth-order valence-electron chi connectivity index (χ4n) is 1.90. The first kappa shape index (κ1) is 15.5. The molecule has 0 aliphatic heterocycles. The predicted molar refractivity (Wildman–Crippen MR) is 75.6 cm³/mol. The van der Waals surface area contributed by atoms with Crippen LogP contribution in [0.1, 0.15) is 30.0 Å². The van der Waals surface area contributed by atoms with Gasteiger partial charge < -0.3 is 0 Å². The summed E-state index contributed by atoms with van der Waals surface area (Å²) >= 11 is 5.84. The molecule has 0 amide bonds. The molecule has 0 unspecified atom stereocenters. The van der Waals surface area contributed by atoms with Crippen LogP contribution in [0, 0.1) is 13.8 Å². The fourth-order valence-corrected chi connectivity index (χ4v) is 3.70. The van der Waals surface area contributed by atoms with Gasteiger partial charge in [0.25, 0.3) is 0 Å². The molecule has 0 aliphatic carbocycles. The van der Waals surface area contributed by atoms with E-state index in [0.29, 0.717) is 17.3 Å². The molecule has 1 aromatic rings. The van der Waals surface area contributed by atoms with Crippen molar-refractivity contribution in [2.75, 3.05) is 13.6 Å². The zero-order chi connectivity index (χ0) is 13.9. The molecule has 0 aromatic heterocycles. The number of rotatable bonds is 5. The SMILES string of the molecule is CCCN(C)S(=O)(=O)c1cc(CCl)c(C)cc1C. The lowest BCUT2D eigenvalue weighted by molar-refractivity contribution is 0.468. The van der Waals surface area contributed by atoms with Crippen molar-refractivity contribution in [3.8, 4) is 0 Å². The van der Waals surface area contributed by atoms with Gasteiger partial charge in [0.2, 0.25) is 10.0 Å². The second-order valence-electron chi connectivity index (χ2n) is 4.50. The lowest BCUT2D eigenvalue weighted by Crippen LogP contribution is -2.28. The molecule has 0 spiro atoms. The Morgan fingerprint density at radius 1 is 1.22 bits per heavy atom. The van der Waals surface area contributed by atoms with E-state index in [1.807, 2.05) is 26.8 Å². The summed E-state index contributed by atoms with van der Waals surface area (Å²) in [4.78, 5) is 0.361. The molecule has 18 heavy (non-hydrogen) atoms. The minimum atomic E-state index is -3.41. The van der Waals surface area contributed by atoms with Crippen molar-refractivity contribution in [2.45, 2.75) is 38.0 Å². The maximum atomic E-state index is 12.4. The molecular formula is C13H20ClNO2S. The third-order valence-corrected chi connectivity index (χ3v) is 5.29. The number of sulfonamides is 1. The van der Waals surface area contributed by atoms with E-state index in [0.717, 1.165) is 23.1 Å². The van der Waals surface area contributed by atoms with E-state index in [1.54, 1.807) is 13.1 Å². The van der Waals surface area contributed by atoms with Crippen molar-refractivity contribution in [3.05, 3.63) is 28.8 Å². The van der Waals surface area contributed by atoms with Crippen LogP contribution >= 0.6 is 11.6 Å². The summed E-state index contributed by atoms with van der Waals surface area (Å²) < 4.78 is 26.2. The molecule has 0 fully saturated rings. The highest BCUT2D eigenvalue weighted by atomic mass is 35.5. The number of halogens is 1. The monoisotopic (exact) mass is 289 g/mol. The summed E-state index contributed by atoms with van der Waals surface area (Å²) in [5, 5.41) is 0. The highest BCUT2D eigenvalue weighted by Gasteiger charge is 2.22. The van der Waals surface area contributed by atoms with Gasteiger partial charge in [-0.3, -0.25) is 0 Å². The summed E-state index contributed by atoms with van der Waals surface area (Å²) in [5.74, 6) is 0.326. The first-order valence-corrected chi connectivity index (χ1v) is 7.94. The molecule has 0 N–H and O–H groups in total. The molecule has 1 rings (SSSR count). The van der Waals surface area contributed by atoms with Crippen molar-refractivity contribution in [1.82, 2.24) is 4.31 Å². The fraction of sp³-hybridized carbons (Fsp3) is 0.538. The van der Waals surface area contributed by atoms with Crippen molar-refractivity contribution >= 4 is 21.6 Å². The van der Waals surface area contributed by atoms with Gasteiger partial charge in [-0.05, 0) is 43.0 Å². The second kappa shape index (κ2) is 6.04. The van der Waals surface area contributed by atoms with Gasteiger partial charge >= 0.3 is 0 Å². The van der Waals surface area contributed by atoms with E-state index in [2.05, 4.69) is 0 Å². The van der Waals surface area contributed by atoms with Crippen molar-refractivity contribution < 1.29 is 8.42 Å². The van der Waals surface area contributed by atoms with Gasteiger partial charge in [-0.15, -0.1) is 11.6 Å². The average molecular weight is 290 g/mol. The molecule has 1 aromatic carbocycles. The topological polar surface area (TPSA) is 37.4 Å². The first-order valence-electron chi connectivity index (χ1n) is 5.97. The molecule has 5 heteroatoms. The molecular weight excluding hydrogens is 270 g/mol. The summed E-state index contributed by atoms with van der Waals surface area (Å²) in [7, 11) is -1.80. The van der Waals surface area contributed by atoms with E-state index in [1.165, 1.54) is 4.31 Å². The van der Waals surface area contributed by atoms with Crippen LogP contribution in [0.4, 0.5) is 0 Å². The Balaban J connectivity index is 3.32. The summed E-state index contributed by atoms with van der Waals surface area (Å²) in [6.45, 7) is 6.23. The molecule has 0 bridgehead atoms. The summed E-state index contributed by atoms with van der Waals surface area (Å²) in [5.41, 5.74) is 2.66. The van der Waals surface area contributed by atoms with Gasteiger partial charge in [0.05, 0.1) is 4.90 Å². The molecule has 0 heterocycles. The molecule has 0 saturated heterocycles. The zero-order valence-corrected chi connectivity index (χ0v) is 12.9. The van der Waals surface area contributed by atoms with Crippen LogP contribution in [-0.2, 0) is 15.9 Å². The lowest BCUT2D eigenvalue weighted by Gasteiger charge is -2.19. The van der Waals surface area contributed by atoms with Gasteiger partial charge in [-0.25, -0.2) is 12.7 Å². The third-order valence-electron chi connectivity index (χ3n) is 3.00. The van der Waals surface area contributed by atoms with Gasteiger partial charge in [-0.1, -0.05) is 13.0 Å². The number of nitrogens with zero attached hydrogens (tertiary/aromatic N) is 1. The molecule has 0 radical (unpaired) electrons. The second-order valence-corrected chi connectivity index (χ2v) is 6.78. The van der Waals surface area contributed by atoms with Crippen LogP contribution in [0.15, 0.2) is 17.0 Å². The van der Waals surface area contributed by atoms with Crippen molar-refractivity contribution in [2.24, 2.45) is 0 Å². The van der Waals surface area contributed by atoms with Crippen LogP contribution in [0.2, 0.25) is 0 Å². The lowest BCUT2D eigenvalue weighted by atomic mass is 10.1. The maximum absolute atomic E-state index is 12.4. The van der Waals surface area contributed by atoms with Gasteiger partial charge in [0.15, 0.2) is 0 Å². The predicted octanol–water partition coefficient (Wildman–Crippen LogP) is 3.07. The van der Waals surface area contributed by atoms with Crippen LogP contribution in [0.3, 0.4) is 0 Å². The number of hydrogen-bond donors (Lipinski definition) is 0. The smallest absolute Gasteiger partial charge is 0.207 e. The Labute approximate surface area is 115 Å². The average Bonchev–Trinajstić information content (AvgIpc) is 2.29. The minimum absolute atomic E-state index is 0.326. The van der Waals surface area contributed by atoms with E-state index >= 15 is 0 Å². The molecule has 0 atom stereocenters. The maximum Gasteiger partial charge on any atom is 0.243 e. The Hall–Kier alpha value is -0.580. The minimum Gasteiger partial charge on any atom is -0.207 e. The van der Waals surface area contributed by atoms with E-state index in [9.17, 15) is 8.42 Å². The first-order chi connectivity index (χ1) is 8.34. The Kier molecular flexibility index (Phi) is 5.20. The van der Waals surface area contributed by atoms with Gasteiger partial charge in [0, 0.05) is 19.5 Å². The third kappa shape index (κ3) is 3.05. The molecule has 0 saturated carbocycles. The summed E-state index contributed by atoms with van der Waals surface area (Å²) in [6, 6.07) is 3.57. The standard InChI is InChI=1S/C13H20ClNO2S/c1-5-6-15(4)18(16,17)13-8-12(9-14)10(2)7-11(13)3/h7-8H,5-6,9H2,1-4H3. The quantitative estimate of drug-likeness (QED) is 0.781. The van der Waals surface area contributed by atoms with E-state index in [4.69, 9.17) is 11.6 Å². The Morgan fingerprint density at radius 3 is 2.33 bits per heavy atom. The number of aryl methyl sites for hydroxylation is 2. The number of hydrogen-bond acceptors (Lipinski definition) is 2. The number of benzene rings is 1. The molecule has 3 nitrogen and oxygen atoms in total. The van der Waals surface area contributed by atoms with Crippen molar-refractivity contribution in [1.29, 1.82) is 0 Å². The molecule has 102 valence electrons. The van der Waals surface area contributed by atoms with Crippen LogP contribution < -0.4 is 0 Å². The Morgan fingerprint density at radius 2 is 1.83 bits per heavy atom. The van der Waals surface area contributed by atoms with E-state index < -0.39 is 10.0 Å². The van der Waals surface area contributed by atoms with Crippen molar-refractivity contribution in [3.63, 3.8) is 0 Å².